The van der Waals surface area contributed by atoms with Gasteiger partial charge in [0, 0.05) is 49.2 Å². The van der Waals surface area contributed by atoms with E-state index in [4.69, 9.17) is 4.42 Å². The summed E-state index contributed by atoms with van der Waals surface area (Å²) < 4.78 is 9.97. The molecule has 12 aromatic rings. The number of fused-ring (bicyclic) bond motifs is 11. The average molecular weight is 961 g/mol. The Morgan fingerprint density at radius 2 is 0.822 bits per heavy atom. The SMILES string of the molecule is CC(C)(C)c1ccc(N(c2ccccc2)c2cc3c(c4c2sc2ccccc24)-c2c(cc(N(c4ccccc4)c4ccc(C(C)(C)C)cc4)c4c2oc2ccccc24)C3(c2ccccc2)c2ccccc2)cc1. The largest absolute Gasteiger partial charge is 0.455 e. The fourth-order valence-electron chi connectivity index (χ4n) is 11.7. The highest BCUT2D eigenvalue weighted by molar-refractivity contribution is 7.26. The first-order chi connectivity index (χ1) is 35.5. The van der Waals surface area contributed by atoms with E-state index in [1.807, 2.05) is 11.3 Å². The number of hydrogen-bond acceptors (Lipinski definition) is 4. The molecule has 3 nitrogen and oxygen atoms in total. The van der Waals surface area contributed by atoms with E-state index in [1.165, 1.54) is 59.1 Å². The van der Waals surface area contributed by atoms with Crippen molar-refractivity contribution < 1.29 is 4.42 Å². The third-order valence-corrected chi connectivity index (χ3v) is 16.4. The van der Waals surface area contributed by atoms with Crippen molar-refractivity contribution in [2.45, 2.75) is 57.8 Å². The molecule has 0 amide bonds. The standard InChI is InChI=1S/C69H56N2OS/c1-67(2,3)45-35-39-51(40-36-45)70(49-27-15-9-16-28-49)57-43-56-64(65-61(57)53-31-19-21-33-59(53)72-65)63-55(69(56,47-23-11-7-12-24-47)48-25-13-8-14-26-48)44-58(66-62(63)54-32-20-22-34-60(54)73-66)71(50-29-17-10-18-30-50)52-41-37-46(38-42-52)68(4,5)6/h7-44H,1-6H3. The van der Waals surface area contributed by atoms with Gasteiger partial charge in [0.25, 0.3) is 0 Å². The third kappa shape index (κ3) is 7.06. The van der Waals surface area contributed by atoms with Crippen LogP contribution in [0.15, 0.2) is 235 Å². The zero-order chi connectivity index (χ0) is 49.6. The van der Waals surface area contributed by atoms with Crippen LogP contribution in [-0.2, 0) is 16.2 Å². The van der Waals surface area contributed by atoms with Crippen molar-refractivity contribution in [3.05, 3.63) is 264 Å². The van der Waals surface area contributed by atoms with Crippen molar-refractivity contribution in [2.75, 3.05) is 9.80 Å². The zero-order valence-electron chi connectivity index (χ0n) is 42.2. The summed E-state index contributed by atoms with van der Waals surface area (Å²) in [4.78, 5) is 4.95. The van der Waals surface area contributed by atoms with Gasteiger partial charge in [-0.05, 0) is 123 Å². The normalized spacial score (nSPS) is 13.2. The summed E-state index contributed by atoms with van der Waals surface area (Å²) in [6.45, 7) is 13.7. The molecule has 10 aromatic carbocycles. The highest BCUT2D eigenvalue weighted by atomic mass is 32.1. The van der Waals surface area contributed by atoms with Crippen LogP contribution in [0.5, 0.6) is 0 Å². The molecular weight excluding hydrogens is 905 g/mol. The number of rotatable bonds is 8. The summed E-state index contributed by atoms with van der Waals surface area (Å²) in [5.74, 6) is 0. The Morgan fingerprint density at radius 3 is 1.36 bits per heavy atom. The number of furan rings is 1. The molecule has 0 saturated heterocycles. The van der Waals surface area contributed by atoms with E-state index in [-0.39, 0.29) is 10.8 Å². The molecule has 0 fully saturated rings. The van der Waals surface area contributed by atoms with Crippen molar-refractivity contribution in [1.29, 1.82) is 0 Å². The van der Waals surface area contributed by atoms with Crippen LogP contribution in [0.2, 0.25) is 0 Å². The summed E-state index contributed by atoms with van der Waals surface area (Å²) in [7, 11) is 0. The lowest BCUT2D eigenvalue weighted by atomic mass is 9.67. The minimum atomic E-state index is -0.808. The molecule has 0 spiro atoms. The van der Waals surface area contributed by atoms with E-state index in [9.17, 15) is 0 Å². The maximum absolute atomic E-state index is 7.50. The molecule has 4 heteroatoms. The van der Waals surface area contributed by atoms with E-state index in [0.29, 0.717) is 0 Å². The molecule has 2 aromatic heterocycles. The molecular formula is C69H56N2OS. The Balaban J connectivity index is 1.23. The number of anilines is 6. The third-order valence-electron chi connectivity index (χ3n) is 15.2. The van der Waals surface area contributed by atoms with E-state index in [0.717, 1.165) is 61.6 Å². The van der Waals surface area contributed by atoms with Gasteiger partial charge < -0.3 is 14.2 Å². The van der Waals surface area contributed by atoms with Gasteiger partial charge in [-0.3, -0.25) is 0 Å². The molecule has 0 saturated carbocycles. The molecule has 0 unspecified atom stereocenters. The van der Waals surface area contributed by atoms with Crippen molar-refractivity contribution >= 4 is 87.6 Å². The lowest BCUT2D eigenvalue weighted by molar-refractivity contribution is 0.590. The highest BCUT2D eigenvalue weighted by Gasteiger charge is 2.50. The molecule has 0 aliphatic heterocycles. The summed E-state index contributed by atoms with van der Waals surface area (Å²) >= 11 is 1.88. The second kappa shape index (κ2) is 17.0. The Kier molecular flexibility index (Phi) is 10.4. The molecule has 0 radical (unpaired) electrons. The predicted molar refractivity (Wildman–Crippen MR) is 311 cm³/mol. The number of hydrogen-bond donors (Lipinski definition) is 0. The van der Waals surface area contributed by atoms with Crippen LogP contribution < -0.4 is 9.80 Å². The summed E-state index contributed by atoms with van der Waals surface area (Å²) in [6.07, 6.45) is 0. The molecule has 1 aliphatic carbocycles. The van der Waals surface area contributed by atoms with Gasteiger partial charge in [0.2, 0.25) is 0 Å². The first-order valence-corrected chi connectivity index (χ1v) is 26.3. The topological polar surface area (TPSA) is 19.6 Å². The lowest BCUT2D eigenvalue weighted by Gasteiger charge is -2.36. The second-order valence-electron chi connectivity index (χ2n) is 21.7. The van der Waals surface area contributed by atoms with Gasteiger partial charge in [-0.1, -0.05) is 199 Å². The van der Waals surface area contributed by atoms with Crippen LogP contribution in [0, 0.1) is 0 Å². The van der Waals surface area contributed by atoms with E-state index in [2.05, 4.69) is 282 Å². The van der Waals surface area contributed by atoms with Crippen LogP contribution in [0.4, 0.5) is 34.1 Å². The number of nitrogens with zero attached hydrogens (tertiary/aromatic N) is 2. The minimum Gasteiger partial charge on any atom is -0.455 e. The van der Waals surface area contributed by atoms with E-state index < -0.39 is 5.41 Å². The molecule has 0 atom stereocenters. The van der Waals surface area contributed by atoms with Gasteiger partial charge >= 0.3 is 0 Å². The number of para-hydroxylation sites is 3. The molecule has 0 bridgehead atoms. The van der Waals surface area contributed by atoms with Crippen LogP contribution in [-0.4, -0.2) is 0 Å². The van der Waals surface area contributed by atoms with Gasteiger partial charge in [0.15, 0.2) is 0 Å². The Labute approximate surface area is 432 Å². The predicted octanol–water partition coefficient (Wildman–Crippen LogP) is 19.9. The molecule has 354 valence electrons. The maximum atomic E-state index is 7.50. The van der Waals surface area contributed by atoms with E-state index in [1.54, 1.807) is 0 Å². The Bertz CT molecular complexity index is 3970. The van der Waals surface area contributed by atoms with E-state index >= 15 is 0 Å². The summed E-state index contributed by atoms with van der Waals surface area (Å²) in [5.41, 5.74) is 17.2. The quantitative estimate of drug-likeness (QED) is 0.151. The summed E-state index contributed by atoms with van der Waals surface area (Å²) in [6, 6.07) is 85.4. The smallest absolute Gasteiger partial charge is 0.145 e. The van der Waals surface area contributed by atoms with Gasteiger partial charge in [0.05, 0.1) is 26.9 Å². The summed E-state index contributed by atoms with van der Waals surface area (Å²) in [5, 5.41) is 4.64. The molecule has 0 N–H and O–H groups in total. The van der Waals surface area contributed by atoms with Gasteiger partial charge in [-0.25, -0.2) is 0 Å². The first kappa shape index (κ1) is 44.7. The van der Waals surface area contributed by atoms with Crippen molar-refractivity contribution in [1.82, 2.24) is 0 Å². The van der Waals surface area contributed by atoms with Crippen molar-refractivity contribution in [3.8, 4) is 11.1 Å². The fourth-order valence-corrected chi connectivity index (χ4v) is 13.0. The van der Waals surface area contributed by atoms with Crippen LogP contribution >= 0.6 is 11.3 Å². The molecule has 73 heavy (non-hydrogen) atoms. The van der Waals surface area contributed by atoms with Crippen LogP contribution in [0.3, 0.4) is 0 Å². The lowest BCUT2D eigenvalue weighted by Crippen LogP contribution is -2.29. The maximum Gasteiger partial charge on any atom is 0.145 e. The average Bonchev–Trinajstić information content (AvgIpc) is 4.10. The van der Waals surface area contributed by atoms with Crippen molar-refractivity contribution in [3.63, 3.8) is 0 Å². The van der Waals surface area contributed by atoms with Crippen molar-refractivity contribution in [2.24, 2.45) is 0 Å². The van der Waals surface area contributed by atoms with Gasteiger partial charge in [-0.2, -0.15) is 0 Å². The van der Waals surface area contributed by atoms with Gasteiger partial charge in [-0.15, -0.1) is 11.3 Å². The molecule has 2 heterocycles. The monoisotopic (exact) mass is 960 g/mol. The molecule has 13 rings (SSSR count). The number of benzene rings is 10. The molecule has 1 aliphatic rings. The zero-order valence-corrected chi connectivity index (χ0v) is 43.0. The fraction of sp³-hybridized carbons (Fsp3) is 0.130. The second-order valence-corrected chi connectivity index (χ2v) is 22.7. The Hall–Kier alpha value is -8.18. The minimum absolute atomic E-state index is 0.00354. The van der Waals surface area contributed by atoms with Crippen LogP contribution in [0.1, 0.15) is 74.9 Å². The van der Waals surface area contributed by atoms with Gasteiger partial charge in [0.1, 0.15) is 11.2 Å². The van der Waals surface area contributed by atoms with Crippen LogP contribution in [0.25, 0.3) is 53.2 Å². The number of thiophene rings is 1. The highest BCUT2D eigenvalue weighted by Crippen LogP contribution is 2.65. The first-order valence-electron chi connectivity index (χ1n) is 25.5. The Morgan fingerprint density at radius 1 is 0.397 bits per heavy atom.